The largest absolute Gasteiger partial charge is 0.497 e. The first-order chi connectivity index (χ1) is 11.2. The summed E-state index contributed by atoms with van der Waals surface area (Å²) < 4.78 is 10.7. The van der Waals surface area contributed by atoms with Gasteiger partial charge in [0.2, 0.25) is 0 Å². The maximum atomic E-state index is 11.7. The minimum Gasteiger partial charge on any atom is -0.497 e. The van der Waals surface area contributed by atoms with Gasteiger partial charge in [0, 0.05) is 6.04 Å². The minimum absolute atomic E-state index is 0.0401. The van der Waals surface area contributed by atoms with Gasteiger partial charge in [0.15, 0.2) is 0 Å². The molecule has 23 heavy (non-hydrogen) atoms. The van der Waals surface area contributed by atoms with Crippen LogP contribution in [0.1, 0.15) is 24.0 Å². The standard InChI is InChI=1S/C19H23NO3/c1-22-16-8-3-6-14(12-16)19(21,18-10-5-11-20-18)15-7-4-9-17(13-15)23-2/h3-4,6-9,12-13,18,20-21H,5,10-11H2,1-2H3/t18-/m1/s1. The lowest BCUT2D eigenvalue weighted by atomic mass is 9.79. The fourth-order valence-electron chi connectivity index (χ4n) is 3.33. The third-order valence-corrected chi connectivity index (χ3v) is 4.58. The average Bonchev–Trinajstić information content (AvgIpc) is 3.16. The van der Waals surface area contributed by atoms with Gasteiger partial charge < -0.3 is 19.9 Å². The first-order valence-corrected chi connectivity index (χ1v) is 7.93. The van der Waals surface area contributed by atoms with E-state index in [1.807, 2.05) is 48.5 Å². The number of methoxy groups -OCH3 is 2. The summed E-state index contributed by atoms with van der Waals surface area (Å²) in [5.41, 5.74) is 0.522. The summed E-state index contributed by atoms with van der Waals surface area (Å²) in [4.78, 5) is 0. The lowest BCUT2D eigenvalue weighted by Gasteiger charge is -2.35. The van der Waals surface area contributed by atoms with Crippen molar-refractivity contribution in [3.63, 3.8) is 0 Å². The first kappa shape index (κ1) is 15.8. The van der Waals surface area contributed by atoms with Crippen molar-refractivity contribution in [2.45, 2.75) is 24.5 Å². The second kappa shape index (κ2) is 6.60. The molecule has 4 heteroatoms. The summed E-state index contributed by atoms with van der Waals surface area (Å²) in [6.07, 6.45) is 1.98. The number of nitrogens with one attached hydrogen (secondary N) is 1. The van der Waals surface area contributed by atoms with Gasteiger partial charge in [0.1, 0.15) is 17.1 Å². The highest BCUT2D eigenvalue weighted by atomic mass is 16.5. The molecular formula is C19H23NO3. The number of aliphatic hydroxyl groups is 1. The molecule has 0 unspecified atom stereocenters. The molecule has 2 aromatic carbocycles. The van der Waals surface area contributed by atoms with Gasteiger partial charge in [0.05, 0.1) is 14.2 Å². The monoisotopic (exact) mass is 313 g/mol. The van der Waals surface area contributed by atoms with Crippen molar-refractivity contribution in [1.82, 2.24) is 5.32 Å². The molecule has 2 N–H and O–H groups in total. The van der Waals surface area contributed by atoms with Gasteiger partial charge >= 0.3 is 0 Å². The van der Waals surface area contributed by atoms with Gasteiger partial charge in [-0.15, -0.1) is 0 Å². The Morgan fingerprint density at radius 1 is 1.00 bits per heavy atom. The van der Waals surface area contributed by atoms with Gasteiger partial charge in [-0.05, 0) is 54.8 Å². The molecule has 0 radical (unpaired) electrons. The van der Waals surface area contributed by atoms with Crippen molar-refractivity contribution >= 4 is 0 Å². The van der Waals surface area contributed by atoms with Crippen molar-refractivity contribution in [1.29, 1.82) is 0 Å². The van der Waals surface area contributed by atoms with Crippen LogP contribution in [0.5, 0.6) is 11.5 Å². The van der Waals surface area contributed by atoms with Crippen LogP contribution in [-0.4, -0.2) is 31.9 Å². The van der Waals surface area contributed by atoms with Crippen LogP contribution in [0.3, 0.4) is 0 Å². The van der Waals surface area contributed by atoms with E-state index in [-0.39, 0.29) is 6.04 Å². The molecule has 3 rings (SSSR count). The third-order valence-electron chi connectivity index (χ3n) is 4.58. The number of ether oxygens (including phenoxy) is 2. The summed E-state index contributed by atoms with van der Waals surface area (Å²) in [6.45, 7) is 0.918. The van der Waals surface area contributed by atoms with E-state index in [2.05, 4.69) is 5.32 Å². The van der Waals surface area contributed by atoms with Crippen LogP contribution in [0.4, 0.5) is 0 Å². The predicted octanol–water partition coefficient (Wildman–Crippen LogP) is 2.69. The summed E-state index contributed by atoms with van der Waals surface area (Å²) in [7, 11) is 3.27. The summed E-state index contributed by atoms with van der Waals surface area (Å²) >= 11 is 0. The fraction of sp³-hybridized carbons (Fsp3) is 0.368. The van der Waals surface area contributed by atoms with Crippen LogP contribution >= 0.6 is 0 Å². The zero-order valence-corrected chi connectivity index (χ0v) is 13.6. The van der Waals surface area contributed by atoms with E-state index in [1.54, 1.807) is 14.2 Å². The van der Waals surface area contributed by atoms with E-state index >= 15 is 0 Å². The molecule has 1 heterocycles. The van der Waals surface area contributed by atoms with E-state index in [9.17, 15) is 5.11 Å². The lowest BCUT2D eigenvalue weighted by molar-refractivity contribution is 0.0438. The van der Waals surface area contributed by atoms with Crippen molar-refractivity contribution in [2.75, 3.05) is 20.8 Å². The van der Waals surface area contributed by atoms with Gasteiger partial charge in [-0.2, -0.15) is 0 Å². The number of rotatable bonds is 5. The summed E-state index contributed by atoms with van der Waals surface area (Å²) in [6, 6.07) is 15.3. The second-order valence-electron chi connectivity index (χ2n) is 5.88. The Kier molecular flexibility index (Phi) is 4.55. The highest BCUT2D eigenvalue weighted by Gasteiger charge is 2.42. The Labute approximate surface area is 137 Å². The molecule has 1 saturated heterocycles. The molecule has 0 bridgehead atoms. The van der Waals surface area contributed by atoms with Crippen molar-refractivity contribution in [3.8, 4) is 11.5 Å². The Hall–Kier alpha value is -2.04. The number of benzene rings is 2. The summed E-state index contributed by atoms with van der Waals surface area (Å²) in [5.74, 6) is 1.48. The highest BCUT2D eigenvalue weighted by molar-refractivity contribution is 5.44. The molecule has 0 aromatic heterocycles. The van der Waals surface area contributed by atoms with Crippen LogP contribution in [0.15, 0.2) is 48.5 Å². The SMILES string of the molecule is COc1cccc(C(O)(c2cccc(OC)c2)[C@H]2CCCN2)c1. The topological polar surface area (TPSA) is 50.7 Å². The summed E-state index contributed by atoms with van der Waals surface area (Å²) in [5, 5.41) is 15.2. The van der Waals surface area contributed by atoms with E-state index in [4.69, 9.17) is 9.47 Å². The Balaban J connectivity index is 2.12. The van der Waals surface area contributed by atoms with Gasteiger partial charge in [-0.3, -0.25) is 0 Å². The molecule has 0 saturated carbocycles. The molecule has 0 aliphatic carbocycles. The Morgan fingerprint density at radius 3 is 2.00 bits per heavy atom. The first-order valence-electron chi connectivity index (χ1n) is 7.93. The Morgan fingerprint density at radius 2 is 1.57 bits per heavy atom. The normalized spacial score (nSPS) is 18.0. The van der Waals surface area contributed by atoms with Gasteiger partial charge in [-0.25, -0.2) is 0 Å². The smallest absolute Gasteiger partial charge is 0.130 e. The van der Waals surface area contributed by atoms with Crippen molar-refractivity contribution < 1.29 is 14.6 Å². The van der Waals surface area contributed by atoms with E-state index in [1.165, 1.54) is 0 Å². The van der Waals surface area contributed by atoms with Crippen LogP contribution in [0.25, 0.3) is 0 Å². The maximum Gasteiger partial charge on any atom is 0.130 e. The van der Waals surface area contributed by atoms with Crippen molar-refractivity contribution in [2.24, 2.45) is 0 Å². The molecule has 0 spiro atoms. The number of hydrogen-bond donors (Lipinski definition) is 2. The molecule has 1 atom stereocenters. The van der Waals surface area contributed by atoms with E-state index < -0.39 is 5.60 Å². The van der Waals surface area contributed by atoms with Crippen LogP contribution in [0.2, 0.25) is 0 Å². The van der Waals surface area contributed by atoms with Crippen molar-refractivity contribution in [3.05, 3.63) is 59.7 Å². The highest BCUT2D eigenvalue weighted by Crippen LogP contribution is 2.38. The molecule has 122 valence electrons. The predicted molar refractivity (Wildman–Crippen MR) is 90.0 cm³/mol. The molecule has 1 aliphatic heterocycles. The van der Waals surface area contributed by atoms with Gasteiger partial charge in [-0.1, -0.05) is 24.3 Å². The molecule has 1 aliphatic rings. The van der Waals surface area contributed by atoms with Gasteiger partial charge in [0.25, 0.3) is 0 Å². The molecule has 1 fully saturated rings. The zero-order chi connectivity index (χ0) is 16.3. The molecule has 4 nitrogen and oxygen atoms in total. The second-order valence-corrected chi connectivity index (χ2v) is 5.88. The third kappa shape index (κ3) is 2.92. The van der Waals surface area contributed by atoms with Crippen LogP contribution in [-0.2, 0) is 5.60 Å². The lowest BCUT2D eigenvalue weighted by Crippen LogP contribution is -2.46. The number of hydrogen-bond acceptors (Lipinski definition) is 4. The minimum atomic E-state index is -1.13. The van der Waals surface area contributed by atoms with E-state index in [0.717, 1.165) is 42.0 Å². The van der Waals surface area contributed by atoms with Crippen LogP contribution < -0.4 is 14.8 Å². The zero-order valence-electron chi connectivity index (χ0n) is 13.6. The molecular weight excluding hydrogens is 290 g/mol. The Bertz CT molecular complexity index is 618. The quantitative estimate of drug-likeness (QED) is 0.891. The van der Waals surface area contributed by atoms with E-state index in [0.29, 0.717) is 0 Å². The molecule has 0 amide bonds. The van der Waals surface area contributed by atoms with Crippen LogP contribution in [0, 0.1) is 0 Å². The average molecular weight is 313 g/mol. The molecule has 2 aromatic rings. The maximum absolute atomic E-state index is 11.7. The fourth-order valence-corrected chi connectivity index (χ4v) is 3.33.